The second-order valence-electron chi connectivity index (χ2n) is 5.22. The SMILES string of the molecule is N#Cc1c(O)c(O)cc2c1CCNC[C@@H]2c1ccccc1. The van der Waals surface area contributed by atoms with Crippen LogP contribution in [0, 0.1) is 11.3 Å². The molecule has 0 saturated heterocycles. The van der Waals surface area contributed by atoms with Gasteiger partial charge in [-0.2, -0.15) is 5.26 Å². The fourth-order valence-corrected chi connectivity index (χ4v) is 2.97. The van der Waals surface area contributed by atoms with Crippen molar-refractivity contribution in [2.24, 2.45) is 0 Å². The predicted octanol–water partition coefficient (Wildman–Crippen LogP) is 2.25. The zero-order valence-corrected chi connectivity index (χ0v) is 11.5. The summed E-state index contributed by atoms with van der Waals surface area (Å²) in [5.41, 5.74) is 3.06. The lowest BCUT2D eigenvalue weighted by Gasteiger charge is -2.19. The molecular formula is C17H16N2O2. The largest absolute Gasteiger partial charge is 0.504 e. The van der Waals surface area contributed by atoms with Crippen LogP contribution in [0.15, 0.2) is 36.4 Å². The van der Waals surface area contributed by atoms with Crippen molar-refractivity contribution >= 4 is 0 Å². The summed E-state index contributed by atoms with van der Waals surface area (Å²) in [6.07, 6.45) is 0.662. The maximum absolute atomic E-state index is 9.92. The van der Waals surface area contributed by atoms with Gasteiger partial charge in [0.1, 0.15) is 11.6 Å². The van der Waals surface area contributed by atoms with E-state index in [9.17, 15) is 15.5 Å². The average molecular weight is 280 g/mol. The van der Waals surface area contributed by atoms with E-state index in [0.29, 0.717) is 6.42 Å². The molecule has 0 aliphatic carbocycles. The molecule has 0 bridgehead atoms. The molecule has 3 N–H and O–H groups in total. The molecule has 2 aromatic rings. The monoisotopic (exact) mass is 280 g/mol. The number of rotatable bonds is 1. The molecule has 21 heavy (non-hydrogen) atoms. The summed E-state index contributed by atoms with van der Waals surface area (Å²) in [5, 5.41) is 32.5. The molecule has 4 heteroatoms. The van der Waals surface area contributed by atoms with Crippen molar-refractivity contribution < 1.29 is 10.2 Å². The molecule has 106 valence electrons. The van der Waals surface area contributed by atoms with E-state index in [0.717, 1.165) is 29.8 Å². The van der Waals surface area contributed by atoms with E-state index in [4.69, 9.17) is 0 Å². The minimum atomic E-state index is -0.315. The number of hydrogen-bond donors (Lipinski definition) is 3. The lowest BCUT2D eigenvalue weighted by atomic mass is 9.85. The Bertz CT molecular complexity index is 705. The second-order valence-corrected chi connectivity index (χ2v) is 5.22. The quantitative estimate of drug-likeness (QED) is 0.700. The molecule has 4 nitrogen and oxygen atoms in total. The molecule has 0 fully saturated rings. The predicted molar refractivity (Wildman–Crippen MR) is 79.3 cm³/mol. The van der Waals surface area contributed by atoms with Gasteiger partial charge in [0.05, 0.1) is 0 Å². The molecule has 2 aromatic carbocycles. The minimum Gasteiger partial charge on any atom is -0.504 e. The van der Waals surface area contributed by atoms with Crippen LogP contribution in [0.25, 0.3) is 0 Å². The van der Waals surface area contributed by atoms with E-state index in [-0.39, 0.29) is 23.0 Å². The molecule has 0 spiro atoms. The number of nitrogens with one attached hydrogen (secondary N) is 1. The Balaban J connectivity index is 2.21. The molecule has 1 aliphatic heterocycles. The first kappa shape index (κ1) is 13.5. The second kappa shape index (κ2) is 5.47. The Morgan fingerprint density at radius 3 is 2.67 bits per heavy atom. The lowest BCUT2D eigenvalue weighted by molar-refractivity contribution is 0.401. The number of nitriles is 1. The number of fused-ring (bicyclic) bond motifs is 1. The van der Waals surface area contributed by atoms with E-state index >= 15 is 0 Å². The zero-order chi connectivity index (χ0) is 14.8. The third-order valence-electron chi connectivity index (χ3n) is 4.01. The van der Waals surface area contributed by atoms with Crippen molar-refractivity contribution in [1.82, 2.24) is 5.32 Å². The maximum Gasteiger partial charge on any atom is 0.175 e. The van der Waals surface area contributed by atoms with Crippen LogP contribution >= 0.6 is 0 Å². The van der Waals surface area contributed by atoms with E-state index in [1.165, 1.54) is 0 Å². The summed E-state index contributed by atoms with van der Waals surface area (Å²) < 4.78 is 0. The lowest BCUT2D eigenvalue weighted by Crippen LogP contribution is -2.20. The van der Waals surface area contributed by atoms with Crippen molar-refractivity contribution in [3.8, 4) is 17.6 Å². The van der Waals surface area contributed by atoms with E-state index < -0.39 is 0 Å². The summed E-state index contributed by atoms with van der Waals surface area (Å²) >= 11 is 0. The van der Waals surface area contributed by atoms with Crippen molar-refractivity contribution in [2.75, 3.05) is 13.1 Å². The van der Waals surface area contributed by atoms with Crippen LogP contribution in [-0.2, 0) is 6.42 Å². The van der Waals surface area contributed by atoms with Gasteiger partial charge in [0.25, 0.3) is 0 Å². The van der Waals surface area contributed by atoms with Crippen molar-refractivity contribution in [3.63, 3.8) is 0 Å². The Hall–Kier alpha value is -2.51. The Morgan fingerprint density at radius 1 is 1.19 bits per heavy atom. The van der Waals surface area contributed by atoms with Gasteiger partial charge < -0.3 is 15.5 Å². The molecule has 0 amide bonds. The van der Waals surface area contributed by atoms with Crippen molar-refractivity contribution in [3.05, 3.63) is 58.7 Å². The van der Waals surface area contributed by atoms with Crippen LogP contribution in [0.5, 0.6) is 11.5 Å². The van der Waals surface area contributed by atoms with Gasteiger partial charge in [-0.05, 0) is 35.7 Å². The highest BCUT2D eigenvalue weighted by atomic mass is 16.3. The Labute approximate surface area is 123 Å². The van der Waals surface area contributed by atoms with Crippen molar-refractivity contribution in [2.45, 2.75) is 12.3 Å². The first-order chi connectivity index (χ1) is 10.2. The van der Waals surface area contributed by atoms with E-state index in [1.54, 1.807) is 6.07 Å². The molecule has 0 radical (unpaired) electrons. The van der Waals surface area contributed by atoms with Gasteiger partial charge in [-0.25, -0.2) is 0 Å². The number of aromatic hydroxyl groups is 2. The van der Waals surface area contributed by atoms with Crippen LogP contribution in [-0.4, -0.2) is 23.3 Å². The van der Waals surface area contributed by atoms with Gasteiger partial charge in [0, 0.05) is 12.5 Å². The number of hydrogen-bond acceptors (Lipinski definition) is 4. The van der Waals surface area contributed by atoms with Gasteiger partial charge >= 0.3 is 0 Å². The van der Waals surface area contributed by atoms with Crippen LogP contribution in [0.1, 0.15) is 28.2 Å². The highest BCUT2D eigenvalue weighted by Gasteiger charge is 2.25. The zero-order valence-electron chi connectivity index (χ0n) is 11.5. The van der Waals surface area contributed by atoms with Gasteiger partial charge in [-0.1, -0.05) is 30.3 Å². The number of benzene rings is 2. The number of phenols is 2. The number of phenolic OH excluding ortho intramolecular Hbond substituents is 2. The summed E-state index contributed by atoms with van der Waals surface area (Å²) in [5.74, 6) is -0.486. The first-order valence-corrected chi connectivity index (χ1v) is 6.96. The molecule has 0 unspecified atom stereocenters. The van der Waals surface area contributed by atoms with Gasteiger partial charge in [0.2, 0.25) is 0 Å². The molecule has 1 heterocycles. The molecule has 3 rings (SSSR count). The summed E-state index contributed by atoms with van der Waals surface area (Å²) in [7, 11) is 0. The van der Waals surface area contributed by atoms with Crippen LogP contribution < -0.4 is 5.32 Å². The highest BCUT2D eigenvalue weighted by Crippen LogP contribution is 2.39. The van der Waals surface area contributed by atoms with E-state index in [1.807, 2.05) is 36.4 Å². The summed E-state index contributed by atoms with van der Waals surface area (Å²) in [4.78, 5) is 0. The van der Waals surface area contributed by atoms with Crippen LogP contribution in [0.4, 0.5) is 0 Å². The molecular weight excluding hydrogens is 264 g/mol. The standard InChI is InChI=1S/C17H16N2O2/c18-9-14-12-6-7-19-10-15(11-4-2-1-3-5-11)13(12)8-16(20)17(14)21/h1-5,8,15,19-21H,6-7,10H2/t15-/m1/s1. The first-order valence-electron chi connectivity index (χ1n) is 6.96. The van der Waals surface area contributed by atoms with Crippen LogP contribution in [0.2, 0.25) is 0 Å². The molecule has 0 aromatic heterocycles. The van der Waals surface area contributed by atoms with Gasteiger partial charge in [-0.15, -0.1) is 0 Å². The van der Waals surface area contributed by atoms with Crippen LogP contribution in [0.3, 0.4) is 0 Å². The third-order valence-corrected chi connectivity index (χ3v) is 4.01. The number of nitrogens with zero attached hydrogens (tertiary/aromatic N) is 1. The highest BCUT2D eigenvalue weighted by molar-refractivity contribution is 5.60. The molecule has 0 saturated carbocycles. The van der Waals surface area contributed by atoms with Crippen molar-refractivity contribution in [1.29, 1.82) is 5.26 Å². The fourth-order valence-electron chi connectivity index (χ4n) is 2.97. The smallest absolute Gasteiger partial charge is 0.175 e. The Kier molecular flexibility index (Phi) is 3.51. The molecule has 1 atom stereocenters. The molecule has 1 aliphatic rings. The van der Waals surface area contributed by atoms with E-state index in [2.05, 4.69) is 5.32 Å². The van der Waals surface area contributed by atoms with Gasteiger partial charge in [0.15, 0.2) is 11.5 Å². The summed E-state index contributed by atoms with van der Waals surface area (Å²) in [6, 6.07) is 13.6. The average Bonchev–Trinajstić information content (AvgIpc) is 2.72. The fraction of sp³-hybridized carbons (Fsp3) is 0.235. The minimum absolute atomic E-state index is 0.0577. The topological polar surface area (TPSA) is 76.3 Å². The van der Waals surface area contributed by atoms with Gasteiger partial charge in [-0.3, -0.25) is 0 Å². The Morgan fingerprint density at radius 2 is 1.95 bits per heavy atom. The third kappa shape index (κ3) is 2.32. The summed E-state index contributed by atoms with van der Waals surface area (Å²) in [6.45, 7) is 1.49. The maximum atomic E-state index is 9.92. The normalized spacial score (nSPS) is 17.6.